The molecule has 1 fully saturated rings. The molecule has 2 amide bonds. The van der Waals surface area contributed by atoms with E-state index in [0.717, 1.165) is 65.0 Å². The van der Waals surface area contributed by atoms with Crippen molar-refractivity contribution in [2.75, 3.05) is 31.2 Å². The predicted molar refractivity (Wildman–Crippen MR) is 220 cm³/mol. The lowest BCUT2D eigenvalue weighted by molar-refractivity contribution is -0.252. The molecule has 3 atom stereocenters. The van der Waals surface area contributed by atoms with E-state index in [4.69, 9.17) is 15.2 Å². The summed E-state index contributed by atoms with van der Waals surface area (Å²) in [4.78, 5) is 31.7. The number of aliphatic hydroxyl groups is 1. The molecule has 1 aliphatic heterocycles. The maximum absolute atomic E-state index is 12.7. The fourth-order valence-corrected chi connectivity index (χ4v) is 6.91. The Kier molecular flexibility index (Phi) is 14.7. The molecular formula is C46H53N5O5. The van der Waals surface area contributed by atoms with Crippen LogP contribution in [-0.2, 0) is 38.6 Å². The summed E-state index contributed by atoms with van der Waals surface area (Å²) in [6, 6.07) is 37.6. The topological polar surface area (TPSA) is 139 Å². The number of amides is 2. The Balaban J connectivity index is 1.03. The lowest BCUT2D eigenvalue weighted by Crippen LogP contribution is -2.38. The minimum Gasteiger partial charge on any atom is -0.397 e. The van der Waals surface area contributed by atoms with Crippen LogP contribution in [0.15, 0.2) is 121 Å². The Labute approximate surface area is 330 Å². The number of pyridine rings is 1. The smallest absolute Gasteiger partial charge is 0.224 e. The summed E-state index contributed by atoms with van der Waals surface area (Å²) >= 11 is 0. The number of likely N-dealkylation sites (N-methyl/N-ethyl adjacent to an activating group) is 1. The second-order valence-electron chi connectivity index (χ2n) is 14.5. The molecule has 0 radical (unpaired) electrons. The van der Waals surface area contributed by atoms with Gasteiger partial charge in [0.05, 0.1) is 30.2 Å². The first-order chi connectivity index (χ1) is 27.3. The number of anilines is 2. The summed E-state index contributed by atoms with van der Waals surface area (Å²) in [6.45, 7) is 2.02. The summed E-state index contributed by atoms with van der Waals surface area (Å²) < 4.78 is 13.3. The van der Waals surface area contributed by atoms with E-state index in [9.17, 15) is 14.7 Å². The zero-order valence-electron chi connectivity index (χ0n) is 32.1. The molecule has 292 valence electrons. The maximum Gasteiger partial charge on any atom is 0.224 e. The van der Waals surface area contributed by atoms with Crippen LogP contribution in [0, 0.1) is 0 Å². The molecule has 1 saturated heterocycles. The number of unbranched alkanes of at least 4 members (excludes halogenated alkanes) is 2. The molecule has 5 N–H and O–H groups in total. The van der Waals surface area contributed by atoms with Crippen molar-refractivity contribution in [2.45, 2.75) is 76.6 Å². The minimum atomic E-state index is -0.570. The summed E-state index contributed by atoms with van der Waals surface area (Å²) in [7, 11) is 2.12. The van der Waals surface area contributed by atoms with Crippen LogP contribution in [-0.4, -0.2) is 53.0 Å². The summed E-state index contributed by atoms with van der Waals surface area (Å²) in [5.41, 5.74) is 14.1. The van der Waals surface area contributed by atoms with Crippen LogP contribution in [0.25, 0.3) is 11.1 Å². The highest BCUT2D eigenvalue weighted by molar-refractivity contribution is 5.93. The van der Waals surface area contributed by atoms with Gasteiger partial charge < -0.3 is 35.8 Å². The number of para-hydroxylation sites is 2. The van der Waals surface area contributed by atoms with Crippen molar-refractivity contribution in [3.8, 4) is 11.1 Å². The Morgan fingerprint density at radius 1 is 0.804 bits per heavy atom. The second kappa shape index (κ2) is 20.5. The molecule has 0 bridgehead atoms. The molecule has 10 nitrogen and oxygen atoms in total. The first-order valence-electron chi connectivity index (χ1n) is 19.5. The number of nitrogens with one attached hydrogen (secondary N) is 2. The van der Waals surface area contributed by atoms with E-state index in [1.165, 1.54) is 0 Å². The number of hydrogen-bond acceptors (Lipinski definition) is 8. The number of carbonyl (C=O) groups is 2. The standard InChI is InChI=1S/C46H53N5O5/c1-51(26-24-39-15-7-8-25-48-39)31-40-29-43(35-22-20-33(32-52)21-23-35)56-46(55-40)38-14-10-13-37(28-38)36-12-9-11-34(27-36)30-49-44(53)18-3-2-4-19-45(54)50-42-17-6-5-16-41(42)47/h5-17,20-23,25,27-28,40,43,46,52H,2-4,18-19,24,26,29-32,47H2,1H3,(H,49,53)(H,50,54)/t40-,43+,46+/m0/s1. The average Bonchev–Trinajstić information content (AvgIpc) is 3.23. The van der Waals surface area contributed by atoms with E-state index >= 15 is 0 Å². The van der Waals surface area contributed by atoms with Crippen molar-refractivity contribution >= 4 is 23.2 Å². The number of rotatable bonds is 18. The lowest BCUT2D eigenvalue weighted by atomic mass is 9.98. The van der Waals surface area contributed by atoms with Crippen LogP contribution in [0.1, 0.15) is 78.9 Å². The third-order valence-electron chi connectivity index (χ3n) is 10.1. The monoisotopic (exact) mass is 755 g/mol. The zero-order chi connectivity index (χ0) is 39.1. The van der Waals surface area contributed by atoms with Gasteiger partial charge in [-0.05, 0) is 84.1 Å². The summed E-state index contributed by atoms with van der Waals surface area (Å²) in [5, 5.41) is 15.5. The van der Waals surface area contributed by atoms with Crippen LogP contribution < -0.4 is 16.4 Å². The number of aromatic nitrogens is 1. The Morgan fingerprint density at radius 3 is 2.32 bits per heavy atom. The van der Waals surface area contributed by atoms with Gasteiger partial charge in [0.1, 0.15) is 0 Å². The molecule has 5 aromatic rings. The molecule has 10 heteroatoms. The largest absolute Gasteiger partial charge is 0.397 e. The first-order valence-corrected chi connectivity index (χ1v) is 19.5. The summed E-state index contributed by atoms with van der Waals surface area (Å²) in [6.07, 6.45) is 5.56. The molecule has 2 heterocycles. The average molecular weight is 756 g/mol. The maximum atomic E-state index is 12.7. The number of benzene rings is 4. The summed E-state index contributed by atoms with van der Waals surface area (Å²) in [5.74, 6) is -0.0887. The normalized spacial score (nSPS) is 16.7. The minimum absolute atomic E-state index is 0.00282. The van der Waals surface area contributed by atoms with Crippen molar-refractivity contribution in [3.63, 3.8) is 0 Å². The number of hydrogen-bond donors (Lipinski definition) is 4. The Hall–Kier alpha value is -5.39. The third-order valence-corrected chi connectivity index (χ3v) is 10.1. The van der Waals surface area contributed by atoms with Crippen molar-refractivity contribution < 1.29 is 24.2 Å². The highest BCUT2D eigenvalue weighted by atomic mass is 16.7. The molecule has 56 heavy (non-hydrogen) atoms. The predicted octanol–water partition coefficient (Wildman–Crippen LogP) is 7.75. The molecule has 0 unspecified atom stereocenters. The number of aliphatic hydroxyl groups excluding tert-OH is 1. The van der Waals surface area contributed by atoms with Gasteiger partial charge in [-0.3, -0.25) is 14.6 Å². The van der Waals surface area contributed by atoms with Crippen molar-refractivity contribution in [1.82, 2.24) is 15.2 Å². The molecular weight excluding hydrogens is 703 g/mol. The number of nitrogen functional groups attached to an aromatic ring is 1. The highest BCUT2D eigenvalue weighted by Crippen LogP contribution is 2.39. The number of ether oxygens (including phenoxy) is 2. The van der Waals surface area contributed by atoms with Crippen molar-refractivity contribution in [1.29, 1.82) is 0 Å². The number of nitrogens with two attached hydrogens (primary N) is 1. The van der Waals surface area contributed by atoms with Gasteiger partial charge in [-0.25, -0.2) is 0 Å². The molecule has 0 saturated carbocycles. The zero-order valence-corrected chi connectivity index (χ0v) is 32.1. The molecule has 0 aliphatic carbocycles. The SMILES string of the molecule is CN(CCc1ccccn1)C[C@@H]1C[C@H](c2ccc(CO)cc2)O[C@H](c2cccc(-c3cccc(CNC(=O)CCCCCC(=O)Nc4ccccc4N)c3)c2)O1. The Bertz CT molecular complexity index is 2010. The van der Waals surface area contributed by atoms with Gasteiger partial charge in [0.25, 0.3) is 0 Å². The molecule has 1 aliphatic rings. The molecule has 4 aromatic carbocycles. The number of nitrogens with zero attached hydrogens (tertiary/aromatic N) is 2. The quantitative estimate of drug-likeness (QED) is 0.0526. The van der Waals surface area contributed by atoms with Gasteiger partial charge in [-0.15, -0.1) is 0 Å². The van der Waals surface area contributed by atoms with Gasteiger partial charge in [0.2, 0.25) is 11.8 Å². The Morgan fingerprint density at radius 2 is 1.55 bits per heavy atom. The van der Waals surface area contributed by atoms with Gasteiger partial charge in [-0.1, -0.05) is 85.3 Å². The van der Waals surface area contributed by atoms with Crippen LogP contribution in [0.4, 0.5) is 11.4 Å². The fourth-order valence-electron chi connectivity index (χ4n) is 6.91. The molecule has 0 spiro atoms. The van der Waals surface area contributed by atoms with E-state index in [0.29, 0.717) is 50.0 Å². The van der Waals surface area contributed by atoms with Gasteiger partial charge in [0, 0.05) is 62.8 Å². The van der Waals surface area contributed by atoms with Crippen molar-refractivity contribution in [2.24, 2.45) is 0 Å². The van der Waals surface area contributed by atoms with Crippen LogP contribution in [0.5, 0.6) is 0 Å². The second-order valence-corrected chi connectivity index (χ2v) is 14.5. The van der Waals surface area contributed by atoms with Gasteiger partial charge in [0.15, 0.2) is 6.29 Å². The van der Waals surface area contributed by atoms with Crippen LogP contribution in [0.2, 0.25) is 0 Å². The fraction of sp³-hybridized carbons (Fsp3) is 0.326. The third kappa shape index (κ3) is 12.1. The van der Waals surface area contributed by atoms with E-state index in [1.54, 1.807) is 12.1 Å². The van der Waals surface area contributed by atoms with Gasteiger partial charge in [-0.2, -0.15) is 0 Å². The van der Waals surface area contributed by atoms with E-state index in [2.05, 4.69) is 57.9 Å². The van der Waals surface area contributed by atoms with E-state index in [1.807, 2.05) is 79.0 Å². The lowest BCUT2D eigenvalue weighted by Gasteiger charge is -2.38. The highest BCUT2D eigenvalue weighted by Gasteiger charge is 2.33. The van der Waals surface area contributed by atoms with Crippen LogP contribution >= 0.6 is 0 Å². The van der Waals surface area contributed by atoms with Gasteiger partial charge >= 0.3 is 0 Å². The van der Waals surface area contributed by atoms with Crippen LogP contribution in [0.3, 0.4) is 0 Å². The molecule has 6 rings (SSSR count). The molecule has 1 aromatic heterocycles. The first kappa shape index (κ1) is 40.3. The van der Waals surface area contributed by atoms with E-state index in [-0.39, 0.29) is 30.6 Å². The van der Waals surface area contributed by atoms with E-state index < -0.39 is 6.29 Å². The number of carbonyl (C=O) groups excluding carboxylic acids is 2. The van der Waals surface area contributed by atoms with Crippen molar-refractivity contribution in [3.05, 3.63) is 149 Å².